The van der Waals surface area contributed by atoms with Crippen molar-refractivity contribution in [3.05, 3.63) is 23.0 Å². The average molecular weight is 250 g/mol. The molecule has 1 aromatic heterocycles. The van der Waals surface area contributed by atoms with E-state index in [0.29, 0.717) is 0 Å². The van der Waals surface area contributed by atoms with Crippen molar-refractivity contribution in [1.29, 1.82) is 0 Å². The number of carbonyl (C=O) groups is 1. The first-order valence-electron chi connectivity index (χ1n) is 6.66. The van der Waals surface area contributed by atoms with Crippen LogP contribution < -0.4 is 0 Å². The van der Waals surface area contributed by atoms with E-state index < -0.39 is 0 Å². The van der Waals surface area contributed by atoms with Gasteiger partial charge in [0.1, 0.15) is 0 Å². The highest BCUT2D eigenvalue weighted by atomic mass is 16.5. The van der Waals surface area contributed by atoms with Crippen molar-refractivity contribution < 1.29 is 9.53 Å². The van der Waals surface area contributed by atoms with Crippen molar-refractivity contribution in [3.8, 4) is 0 Å². The molecule has 0 bridgehead atoms. The molecule has 1 fully saturated rings. The van der Waals surface area contributed by atoms with Crippen molar-refractivity contribution in [2.75, 3.05) is 32.8 Å². The van der Waals surface area contributed by atoms with Crippen LogP contribution in [0.4, 0.5) is 0 Å². The third-order valence-corrected chi connectivity index (χ3v) is 3.62. The first-order valence-corrected chi connectivity index (χ1v) is 6.66. The molecule has 2 rings (SSSR count). The molecule has 4 heteroatoms. The zero-order valence-corrected chi connectivity index (χ0v) is 11.3. The van der Waals surface area contributed by atoms with Gasteiger partial charge < -0.3 is 9.72 Å². The Morgan fingerprint density at radius 2 is 2.17 bits per heavy atom. The van der Waals surface area contributed by atoms with Gasteiger partial charge in [-0.25, -0.2) is 0 Å². The van der Waals surface area contributed by atoms with E-state index >= 15 is 0 Å². The number of nitrogens with zero attached hydrogens (tertiary/aromatic N) is 1. The Kier molecular flexibility index (Phi) is 4.55. The predicted molar refractivity (Wildman–Crippen MR) is 71.1 cm³/mol. The number of Topliss-reactive ketones (excluding diaryl/α,β-unsaturated/α-hetero) is 1. The minimum Gasteiger partial charge on any atom is -0.379 e. The maximum absolute atomic E-state index is 11.3. The standard InChI is InChI=1S/C14H22N2O2/c1-11-13(10-15-14(11)12(2)17)4-3-5-16-6-8-18-9-7-16/h10,15H,3-9H2,1-2H3. The number of morpholine rings is 1. The van der Waals surface area contributed by atoms with E-state index in [2.05, 4.69) is 9.88 Å². The van der Waals surface area contributed by atoms with Crippen molar-refractivity contribution in [1.82, 2.24) is 9.88 Å². The summed E-state index contributed by atoms with van der Waals surface area (Å²) >= 11 is 0. The number of hydrogen-bond acceptors (Lipinski definition) is 3. The maximum Gasteiger partial charge on any atom is 0.176 e. The molecule has 1 aliphatic rings. The second-order valence-electron chi connectivity index (χ2n) is 4.93. The molecule has 0 amide bonds. The van der Waals surface area contributed by atoms with E-state index in [1.165, 1.54) is 5.56 Å². The number of carbonyl (C=O) groups excluding carboxylic acids is 1. The fourth-order valence-corrected chi connectivity index (χ4v) is 2.48. The number of nitrogens with one attached hydrogen (secondary N) is 1. The summed E-state index contributed by atoms with van der Waals surface area (Å²) in [5.74, 6) is 0.118. The van der Waals surface area contributed by atoms with E-state index in [0.717, 1.165) is 56.9 Å². The predicted octanol–water partition coefficient (Wildman–Crippen LogP) is 1.79. The largest absolute Gasteiger partial charge is 0.379 e. The lowest BCUT2D eigenvalue weighted by Crippen LogP contribution is -2.36. The number of aromatic nitrogens is 1. The Balaban J connectivity index is 1.81. The lowest BCUT2D eigenvalue weighted by atomic mass is 10.1. The van der Waals surface area contributed by atoms with Crippen LogP contribution >= 0.6 is 0 Å². The minimum absolute atomic E-state index is 0.118. The normalized spacial score (nSPS) is 17.0. The fourth-order valence-electron chi connectivity index (χ4n) is 2.48. The summed E-state index contributed by atoms with van der Waals surface area (Å²) in [6.07, 6.45) is 4.15. The summed E-state index contributed by atoms with van der Waals surface area (Å²) in [5.41, 5.74) is 3.15. The van der Waals surface area contributed by atoms with Gasteiger partial charge in [-0.1, -0.05) is 0 Å². The first-order chi connectivity index (χ1) is 8.68. The molecule has 1 aliphatic heterocycles. The highest BCUT2D eigenvalue weighted by molar-refractivity contribution is 5.94. The van der Waals surface area contributed by atoms with Gasteiger partial charge in [-0.05, 0) is 37.4 Å². The first kappa shape index (κ1) is 13.3. The van der Waals surface area contributed by atoms with Crippen LogP contribution in [0.1, 0.15) is 35.0 Å². The third kappa shape index (κ3) is 3.21. The Morgan fingerprint density at radius 3 is 2.78 bits per heavy atom. The second kappa shape index (κ2) is 6.16. The topological polar surface area (TPSA) is 45.3 Å². The minimum atomic E-state index is 0.118. The lowest BCUT2D eigenvalue weighted by Gasteiger charge is -2.26. The van der Waals surface area contributed by atoms with Gasteiger partial charge in [0.15, 0.2) is 5.78 Å². The third-order valence-electron chi connectivity index (χ3n) is 3.62. The highest BCUT2D eigenvalue weighted by Gasteiger charge is 2.12. The summed E-state index contributed by atoms with van der Waals surface area (Å²) in [4.78, 5) is 16.9. The van der Waals surface area contributed by atoms with Crippen LogP contribution in [-0.2, 0) is 11.2 Å². The Morgan fingerprint density at radius 1 is 1.44 bits per heavy atom. The van der Waals surface area contributed by atoms with Crippen molar-refractivity contribution in [2.24, 2.45) is 0 Å². The summed E-state index contributed by atoms with van der Waals surface area (Å²) < 4.78 is 5.33. The monoisotopic (exact) mass is 250 g/mol. The van der Waals surface area contributed by atoms with E-state index in [1.807, 2.05) is 13.1 Å². The number of aryl methyl sites for hydroxylation is 1. The number of ketones is 1. The molecule has 4 nitrogen and oxygen atoms in total. The van der Waals surface area contributed by atoms with Gasteiger partial charge in [-0.15, -0.1) is 0 Å². The smallest absolute Gasteiger partial charge is 0.176 e. The molecule has 0 atom stereocenters. The zero-order valence-electron chi connectivity index (χ0n) is 11.3. The van der Waals surface area contributed by atoms with Gasteiger partial charge >= 0.3 is 0 Å². The van der Waals surface area contributed by atoms with E-state index in [1.54, 1.807) is 6.92 Å². The van der Waals surface area contributed by atoms with Crippen molar-refractivity contribution in [2.45, 2.75) is 26.7 Å². The average Bonchev–Trinajstić information content (AvgIpc) is 2.73. The number of aromatic amines is 1. The van der Waals surface area contributed by atoms with Gasteiger partial charge in [-0.2, -0.15) is 0 Å². The van der Waals surface area contributed by atoms with Crippen molar-refractivity contribution in [3.63, 3.8) is 0 Å². The molecule has 0 unspecified atom stereocenters. The molecule has 0 aliphatic carbocycles. The number of hydrogen-bond donors (Lipinski definition) is 1. The van der Waals surface area contributed by atoms with Crippen LogP contribution in [0, 0.1) is 6.92 Å². The molecule has 0 spiro atoms. The number of rotatable bonds is 5. The molecule has 0 radical (unpaired) electrons. The van der Waals surface area contributed by atoms with Gasteiger partial charge in [-0.3, -0.25) is 9.69 Å². The molecule has 18 heavy (non-hydrogen) atoms. The number of H-pyrrole nitrogens is 1. The van der Waals surface area contributed by atoms with Gasteiger partial charge in [0.05, 0.1) is 18.9 Å². The maximum atomic E-state index is 11.3. The lowest BCUT2D eigenvalue weighted by molar-refractivity contribution is 0.0374. The molecule has 0 aromatic carbocycles. The van der Waals surface area contributed by atoms with Gasteiger partial charge in [0.2, 0.25) is 0 Å². The molecular weight excluding hydrogens is 228 g/mol. The Labute approximate surface area is 108 Å². The molecule has 100 valence electrons. The summed E-state index contributed by atoms with van der Waals surface area (Å²) in [6, 6.07) is 0. The van der Waals surface area contributed by atoms with E-state index in [4.69, 9.17) is 4.74 Å². The van der Waals surface area contributed by atoms with E-state index in [9.17, 15) is 4.79 Å². The van der Waals surface area contributed by atoms with Crippen LogP contribution in [0.5, 0.6) is 0 Å². The van der Waals surface area contributed by atoms with Crippen LogP contribution in [0.25, 0.3) is 0 Å². The number of ether oxygens (including phenoxy) is 1. The molecule has 0 saturated carbocycles. The fraction of sp³-hybridized carbons (Fsp3) is 0.643. The Hall–Kier alpha value is -1.13. The van der Waals surface area contributed by atoms with Crippen LogP contribution in [0.15, 0.2) is 6.20 Å². The molecule has 2 heterocycles. The summed E-state index contributed by atoms with van der Waals surface area (Å²) in [6.45, 7) is 8.56. The SMILES string of the molecule is CC(=O)c1[nH]cc(CCCN2CCOCC2)c1C. The van der Waals surface area contributed by atoms with Crippen LogP contribution in [0.2, 0.25) is 0 Å². The molecular formula is C14H22N2O2. The Bertz CT molecular complexity index is 406. The quantitative estimate of drug-likeness (QED) is 0.810. The second-order valence-corrected chi connectivity index (χ2v) is 4.93. The van der Waals surface area contributed by atoms with Crippen LogP contribution in [-0.4, -0.2) is 48.5 Å². The summed E-state index contributed by atoms with van der Waals surface area (Å²) in [7, 11) is 0. The molecule has 1 saturated heterocycles. The van der Waals surface area contributed by atoms with Crippen molar-refractivity contribution >= 4 is 5.78 Å². The molecule has 1 N–H and O–H groups in total. The van der Waals surface area contributed by atoms with Gasteiger partial charge in [0, 0.05) is 26.2 Å². The molecule has 1 aromatic rings. The van der Waals surface area contributed by atoms with Gasteiger partial charge in [0.25, 0.3) is 0 Å². The summed E-state index contributed by atoms with van der Waals surface area (Å²) in [5, 5.41) is 0. The van der Waals surface area contributed by atoms with E-state index in [-0.39, 0.29) is 5.78 Å². The zero-order chi connectivity index (χ0) is 13.0. The van der Waals surface area contributed by atoms with Crippen LogP contribution in [0.3, 0.4) is 0 Å². The highest BCUT2D eigenvalue weighted by Crippen LogP contribution is 2.15.